The van der Waals surface area contributed by atoms with Crippen LogP contribution in [-0.4, -0.2) is 16.7 Å². The van der Waals surface area contributed by atoms with E-state index in [4.69, 9.17) is 9.72 Å². The predicted molar refractivity (Wildman–Crippen MR) is 93.3 cm³/mol. The molecule has 0 bridgehead atoms. The van der Waals surface area contributed by atoms with E-state index in [-0.39, 0.29) is 0 Å². The summed E-state index contributed by atoms with van der Waals surface area (Å²) in [6.45, 7) is 8.84. The predicted octanol–water partition coefficient (Wildman–Crippen LogP) is 4.85. The molecular formula is C19H26N2O. The van der Waals surface area contributed by atoms with Crippen molar-refractivity contribution in [2.24, 2.45) is 7.05 Å². The Bertz CT molecular complexity index is 649. The van der Waals surface area contributed by atoms with Gasteiger partial charge in [-0.2, -0.15) is 0 Å². The molecule has 0 aliphatic carbocycles. The van der Waals surface area contributed by atoms with Gasteiger partial charge in [-0.05, 0) is 35.6 Å². The summed E-state index contributed by atoms with van der Waals surface area (Å²) in [5, 5.41) is 0. The van der Waals surface area contributed by atoms with Gasteiger partial charge in [-0.25, -0.2) is 4.98 Å². The molecule has 0 spiro atoms. The lowest BCUT2D eigenvalue weighted by Crippen LogP contribution is -2.03. The Balaban J connectivity index is 2.32. The summed E-state index contributed by atoms with van der Waals surface area (Å²) in [5.74, 6) is 2.78. The molecule has 0 aliphatic rings. The second kappa shape index (κ2) is 6.82. The SMILES string of the molecule is COc1ccc(C=Cc2nc(C(C)C)c(C(C)C)n2C)cc1. The van der Waals surface area contributed by atoms with E-state index in [9.17, 15) is 0 Å². The maximum absolute atomic E-state index is 5.18. The molecule has 0 unspecified atom stereocenters. The minimum Gasteiger partial charge on any atom is -0.497 e. The molecule has 1 aromatic carbocycles. The van der Waals surface area contributed by atoms with Gasteiger partial charge in [0, 0.05) is 12.7 Å². The molecule has 0 aliphatic heterocycles. The van der Waals surface area contributed by atoms with Gasteiger partial charge in [0.05, 0.1) is 12.8 Å². The molecule has 0 atom stereocenters. The van der Waals surface area contributed by atoms with E-state index >= 15 is 0 Å². The first-order valence-electron chi connectivity index (χ1n) is 7.82. The Morgan fingerprint density at radius 3 is 2.09 bits per heavy atom. The number of ether oxygens (including phenoxy) is 1. The van der Waals surface area contributed by atoms with E-state index in [0.29, 0.717) is 11.8 Å². The van der Waals surface area contributed by atoms with Crippen molar-refractivity contribution in [3.05, 3.63) is 47.0 Å². The van der Waals surface area contributed by atoms with Gasteiger partial charge < -0.3 is 9.30 Å². The van der Waals surface area contributed by atoms with Gasteiger partial charge in [-0.15, -0.1) is 0 Å². The van der Waals surface area contributed by atoms with Crippen LogP contribution in [0.4, 0.5) is 0 Å². The molecule has 1 heterocycles. The lowest BCUT2D eigenvalue weighted by molar-refractivity contribution is 0.415. The summed E-state index contributed by atoms with van der Waals surface area (Å²) in [6, 6.07) is 8.03. The molecular weight excluding hydrogens is 272 g/mol. The summed E-state index contributed by atoms with van der Waals surface area (Å²) >= 11 is 0. The first-order chi connectivity index (χ1) is 10.4. The minimum atomic E-state index is 0.437. The van der Waals surface area contributed by atoms with E-state index in [1.165, 1.54) is 11.4 Å². The molecule has 0 amide bonds. The van der Waals surface area contributed by atoms with Crippen LogP contribution < -0.4 is 4.74 Å². The molecule has 0 radical (unpaired) electrons. The first-order valence-corrected chi connectivity index (χ1v) is 7.82. The van der Waals surface area contributed by atoms with Gasteiger partial charge >= 0.3 is 0 Å². The Kier molecular flexibility index (Phi) is 5.07. The molecule has 22 heavy (non-hydrogen) atoms. The van der Waals surface area contributed by atoms with Crippen molar-refractivity contribution in [2.75, 3.05) is 7.11 Å². The smallest absolute Gasteiger partial charge is 0.132 e. The quantitative estimate of drug-likeness (QED) is 0.789. The maximum Gasteiger partial charge on any atom is 0.132 e. The normalized spacial score (nSPS) is 11.8. The zero-order chi connectivity index (χ0) is 16.3. The number of rotatable bonds is 5. The number of hydrogen-bond acceptors (Lipinski definition) is 2. The zero-order valence-corrected chi connectivity index (χ0v) is 14.4. The number of methoxy groups -OCH3 is 1. The molecule has 2 aromatic rings. The van der Waals surface area contributed by atoms with Crippen LogP contribution in [0.15, 0.2) is 24.3 Å². The van der Waals surface area contributed by atoms with Gasteiger partial charge in [0.1, 0.15) is 11.6 Å². The third-order valence-corrected chi connectivity index (χ3v) is 3.84. The van der Waals surface area contributed by atoms with Gasteiger partial charge in [-0.1, -0.05) is 45.9 Å². The van der Waals surface area contributed by atoms with E-state index < -0.39 is 0 Å². The van der Waals surface area contributed by atoms with E-state index in [2.05, 4.69) is 51.5 Å². The fraction of sp³-hybridized carbons (Fsp3) is 0.421. The second-order valence-electron chi connectivity index (χ2n) is 6.22. The van der Waals surface area contributed by atoms with Crippen molar-refractivity contribution < 1.29 is 4.74 Å². The van der Waals surface area contributed by atoms with E-state index in [1.807, 2.05) is 24.3 Å². The Morgan fingerprint density at radius 1 is 1.00 bits per heavy atom. The van der Waals surface area contributed by atoms with Crippen LogP contribution in [0, 0.1) is 0 Å². The summed E-state index contributed by atoms with van der Waals surface area (Å²) in [7, 11) is 3.78. The Labute approximate surface area is 133 Å². The third-order valence-electron chi connectivity index (χ3n) is 3.84. The molecule has 2 rings (SSSR count). The molecule has 1 aromatic heterocycles. The fourth-order valence-corrected chi connectivity index (χ4v) is 2.69. The van der Waals surface area contributed by atoms with Crippen LogP contribution in [-0.2, 0) is 7.05 Å². The minimum absolute atomic E-state index is 0.437. The topological polar surface area (TPSA) is 27.1 Å². The number of hydrogen-bond donors (Lipinski definition) is 0. The van der Waals surface area contributed by atoms with Gasteiger partial charge in [0.25, 0.3) is 0 Å². The van der Waals surface area contributed by atoms with Crippen molar-refractivity contribution in [1.82, 2.24) is 9.55 Å². The first kappa shape index (κ1) is 16.3. The fourth-order valence-electron chi connectivity index (χ4n) is 2.69. The Hall–Kier alpha value is -2.03. The molecule has 0 saturated heterocycles. The van der Waals surface area contributed by atoms with Gasteiger partial charge in [0.15, 0.2) is 0 Å². The van der Waals surface area contributed by atoms with Crippen LogP contribution >= 0.6 is 0 Å². The highest BCUT2D eigenvalue weighted by Crippen LogP contribution is 2.27. The number of benzene rings is 1. The van der Waals surface area contributed by atoms with Crippen molar-refractivity contribution in [3.8, 4) is 5.75 Å². The number of nitrogens with zero attached hydrogens (tertiary/aromatic N) is 2. The highest BCUT2D eigenvalue weighted by molar-refractivity contribution is 5.67. The van der Waals surface area contributed by atoms with Crippen LogP contribution in [0.5, 0.6) is 5.75 Å². The highest BCUT2D eigenvalue weighted by Gasteiger charge is 2.18. The standard InChI is InChI=1S/C19H26N2O/c1-13(2)18-19(14(3)4)21(5)17(20-18)12-9-15-7-10-16(22-6)11-8-15/h7-14H,1-6H3. The molecule has 118 valence electrons. The zero-order valence-electron chi connectivity index (χ0n) is 14.4. The number of imidazole rings is 1. The highest BCUT2D eigenvalue weighted by atomic mass is 16.5. The van der Waals surface area contributed by atoms with Crippen molar-refractivity contribution in [3.63, 3.8) is 0 Å². The van der Waals surface area contributed by atoms with Gasteiger partial charge in [0.2, 0.25) is 0 Å². The summed E-state index contributed by atoms with van der Waals surface area (Å²) in [6.07, 6.45) is 4.18. The third kappa shape index (κ3) is 3.41. The maximum atomic E-state index is 5.18. The summed E-state index contributed by atoms with van der Waals surface area (Å²) in [5.41, 5.74) is 3.66. The average Bonchev–Trinajstić information content (AvgIpc) is 2.83. The molecule has 0 saturated carbocycles. The lowest BCUT2D eigenvalue weighted by atomic mass is 10.0. The van der Waals surface area contributed by atoms with Crippen LogP contribution in [0.25, 0.3) is 12.2 Å². The largest absolute Gasteiger partial charge is 0.497 e. The second-order valence-corrected chi connectivity index (χ2v) is 6.22. The lowest BCUT2D eigenvalue weighted by Gasteiger charge is -2.11. The van der Waals surface area contributed by atoms with Crippen LogP contribution in [0.3, 0.4) is 0 Å². The van der Waals surface area contributed by atoms with E-state index in [0.717, 1.165) is 17.1 Å². The van der Waals surface area contributed by atoms with Crippen molar-refractivity contribution in [2.45, 2.75) is 39.5 Å². The van der Waals surface area contributed by atoms with E-state index in [1.54, 1.807) is 7.11 Å². The molecule has 0 fully saturated rings. The summed E-state index contributed by atoms with van der Waals surface area (Å²) in [4.78, 5) is 4.83. The van der Waals surface area contributed by atoms with Crippen LogP contribution in [0.1, 0.15) is 62.3 Å². The van der Waals surface area contributed by atoms with Crippen molar-refractivity contribution >= 4 is 12.2 Å². The van der Waals surface area contributed by atoms with Crippen molar-refractivity contribution in [1.29, 1.82) is 0 Å². The summed E-state index contributed by atoms with van der Waals surface area (Å²) < 4.78 is 7.39. The average molecular weight is 298 g/mol. The molecule has 3 nitrogen and oxygen atoms in total. The number of aromatic nitrogens is 2. The molecule has 3 heteroatoms. The monoisotopic (exact) mass is 298 g/mol. The Morgan fingerprint density at radius 2 is 1.64 bits per heavy atom. The molecule has 0 N–H and O–H groups in total. The van der Waals surface area contributed by atoms with Gasteiger partial charge in [-0.3, -0.25) is 0 Å². The van der Waals surface area contributed by atoms with Crippen LogP contribution in [0.2, 0.25) is 0 Å².